The zero-order valence-corrected chi connectivity index (χ0v) is 27.3. The maximum absolute atomic E-state index is 12.9. The van der Waals surface area contributed by atoms with E-state index in [9.17, 15) is 19.5 Å². The number of primary amides is 2. The molecule has 0 bridgehead atoms. The lowest BCUT2D eigenvalue weighted by atomic mass is 9.82. The van der Waals surface area contributed by atoms with Gasteiger partial charge in [0.25, 0.3) is 0 Å². The highest BCUT2D eigenvalue weighted by Gasteiger charge is 2.30. The first kappa shape index (κ1) is 39.1. The molecule has 1 aromatic carbocycles. The minimum Gasteiger partial charge on any atom is -0.493 e. The van der Waals surface area contributed by atoms with Crippen LogP contribution < -0.4 is 26.3 Å². The highest BCUT2D eigenvalue weighted by Crippen LogP contribution is 2.32. The van der Waals surface area contributed by atoms with Crippen LogP contribution in [0.5, 0.6) is 11.5 Å². The van der Waals surface area contributed by atoms with Crippen molar-refractivity contribution in [3.63, 3.8) is 0 Å². The lowest BCUT2D eigenvalue weighted by Crippen LogP contribution is -2.45. The third kappa shape index (κ3) is 16.0. The predicted octanol–water partition coefficient (Wildman–Crippen LogP) is 3.85. The van der Waals surface area contributed by atoms with Crippen LogP contribution in [-0.2, 0) is 25.5 Å². The Kier molecular flexibility index (Phi) is 18.8. The van der Waals surface area contributed by atoms with Crippen LogP contribution in [0.25, 0.3) is 0 Å². The highest BCUT2D eigenvalue weighted by atomic mass is 16.5. The number of aliphatic hydroxyl groups is 1. The lowest BCUT2D eigenvalue weighted by Gasteiger charge is -2.27. The molecular formula is C32H57N3O7. The molecular weight excluding hydrogens is 538 g/mol. The molecule has 0 aliphatic rings. The van der Waals surface area contributed by atoms with Gasteiger partial charge < -0.3 is 36.1 Å². The Morgan fingerprint density at radius 2 is 1.60 bits per heavy atom. The van der Waals surface area contributed by atoms with Crippen molar-refractivity contribution in [1.82, 2.24) is 5.32 Å². The van der Waals surface area contributed by atoms with Crippen LogP contribution in [-0.4, -0.2) is 62.9 Å². The summed E-state index contributed by atoms with van der Waals surface area (Å²) in [5, 5.41) is 13.7. The van der Waals surface area contributed by atoms with Gasteiger partial charge in [0.15, 0.2) is 11.5 Å². The van der Waals surface area contributed by atoms with Gasteiger partial charge in [0, 0.05) is 39.5 Å². The van der Waals surface area contributed by atoms with E-state index < -0.39 is 17.4 Å². The molecule has 3 atom stereocenters. The van der Waals surface area contributed by atoms with Gasteiger partial charge in [-0.25, -0.2) is 0 Å². The second kappa shape index (κ2) is 20.1. The van der Waals surface area contributed by atoms with Gasteiger partial charge >= 0.3 is 0 Å². The molecule has 0 aromatic heterocycles. The molecule has 0 aliphatic carbocycles. The number of hydrogen-bond donors (Lipinski definition) is 4. The topological polar surface area (TPSA) is 163 Å². The average Bonchev–Trinajstić information content (AvgIpc) is 2.90. The third-order valence-corrected chi connectivity index (χ3v) is 7.33. The summed E-state index contributed by atoms with van der Waals surface area (Å²) in [4.78, 5) is 33.7. The first-order valence-corrected chi connectivity index (χ1v) is 14.9. The minimum atomic E-state index is -0.823. The van der Waals surface area contributed by atoms with Crippen LogP contribution in [0, 0.1) is 29.1 Å². The van der Waals surface area contributed by atoms with Crippen LogP contribution in [0.3, 0.4) is 0 Å². The number of nitrogens with two attached hydrogens (primary N) is 2. The van der Waals surface area contributed by atoms with Crippen LogP contribution in [0.15, 0.2) is 18.2 Å². The molecule has 6 N–H and O–H groups in total. The molecule has 10 nitrogen and oxygen atoms in total. The summed E-state index contributed by atoms with van der Waals surface area (Å²) in [5.74, 6) is 1.01. The Morgan fingerprint density at radius 3 is 2.10 bits per heavy atom. The van der Waals surface area contributed by atoms with Crippen molar-refractivity contribution in [1.29, 1.82) is 0 Å². The molecule has 42 heavy (non-hydrogen) atoms. The van der Waals surface area contributed by atoms with Gasteiger partial charge in [0.1, 0.15) is 0 Å². The standard InChI is InChI=1S/C30H52N2O6.C2H5NO/c1-20(2)23(16-22-10-13-26(37-8)27(17-22)38-15-9-14-36-7)11-12-24(33)18-25(21(3)4)28(34)32-19-30(5,6)29(31)35;1-2(3)4/h10,13,17,20-21,23-25,33H,9,11-12,14-16,18-19H2,1-8H3,(H2,31,35)(H,32,34);1H3,(H2,3,4). The quantitative estimate of drug-likeness (QED) is 0.177. The first-order valence-electron chi connectivity index (χ1n) is 14.9. The smallest absolute Gasteiger partial charge is 0.224 e. The lowest BCUT2D eigenvalue weighted by molar-refractivity contribution is -0.130. The van der Waals surface area contributed by atoms with Crippen LogP contribution in [0.1, 0.15) is 79.7 Å². The van der Waals surface area contributed by atoms with Gasteiger partial charge in [-0.1, -0.05) is 33.8 Å². The Labute approximate surface area is 253 Å². The number of nitrogens with one attached hydrogen (secondary N) is 1. The van der Waals surface area contributed by atoms with E-state index in [1.807, 2.05) is 26.0 Å². The number of carbonyl (C=O) groups excluding carboxylic acids is 3. The second-order valence-electron chi connectivity index (χ2n) is 12.3. The molecule has 1 aromatic rings. The van der Waals surface area contributed by atoms with E-state index in [4.69, 9.17) is 19.9 Å². The molecule has 0 saturated heterocycles. The summed E-state index contributed by atoms with van der Waals surface area (Å²) in [7, 11) is 3.31. The molecule has 0 spiro atoms. The maximum Gasteiger partial charge on any atom is 0.224 e. The molecule has 10 heteroatoms. The van der Waals surface area contributed by atoms with Gasteiger partial charge in [-0.2, -0.15) is 0 Å². The zero-order valence-electron chi connectivity index (χ0n) is 27.3. The fourth-order valence-electron chi connectivity index (χ4n) is 4.35. The highest BCUT2D eigenvalue weighted by molar-refractivity contribution is 5.83. The molecule has 242 valence electrons. The van der Waals surface area contributed by atoms with Crippen molar-refractivity contribution in [2.45, 2.75) is 86.7 Å². The number of carbonyl (C=O) groups is 3. The molecule has 0 saturated carbocycles. The van der Waals surface area contributed by atoms with E-state index in [1.54, 1.807) is 28.1 Å². The number of amides is 3. The zero-order chi connectivity index (χ0) is 32.5. The van der Waals surface area contributed by atoms with Crippen molar-refractivity contribution in [2.24, 2.45) is 40.6 Å². The van der Waals surface area contributed by atoms with E-state index in [-0.39, 0.29) is 30.2 Å². The SMILES string of the molecule is CC(N)=O.COCCCOc1cc(CC(CCC(O)CC(C(=O)NCC(C)(C)C(N)=O)C(C)C)C(C)C)ccc1OC. The number of aliphatic hydroxyl groups excluding tert-OH is 1. The van der Waals surface area contributed by atoms with Gasteiger partial charge in [-0.3, -0.25) is 14.4 Å². The molecule has 3 unspecified atom stereocenters. The molecule has 0 heterocycles. The molecule has 1 rings (SSSR count). The fourth-order valence-corrected chi connectivity index (χ4v) is 4.35. The first-order chi connectivity index (χ1) is 19.5. The monoisotopic (exact) mass is 595 g/mol. The number of methoxy groups -OCH3 is 2. The van der Waals surface area contributed by atoms with E-state index in [0.29, 0.717) is 43.6 Å². The summed E-state index contributed by atoms with van der Waals surface area (Å²) in [5.41, 5.74) is 10.2. The van der Waals surface area contributed by atoms with Crippen molar-refractivity contribution in [2.75, 3.05) is 34.0 Å². The third-order valence-electron chi connectivity index (χ3n) is 7.33. The summed E-state index contributed by atoms with van der Waals surface area (Å²) < 4.78 is 16.5. The summed E-state index contributed by atoms with van der Waals surface area (Å²) in [6.07, 6.45) is 2.91. The molecule has 0 radical (unpaired) electrons. The largest absolute Gasteiger partial charge is 0.493 e. The van der Waals surface area contributed by atoms with Gasteiger partial charge in [0.2, 0.25) is 17.7 Å². The molecule has 0 aliphatic heterocycles. The summed E-state index contributed by atoms with van der Waals surface area (Å²) in [6.45, 7) is 14.5. The minimum absolute atomic E-state index is 0.0591. The van der Waals surface area contributed by atoms with Gasteiger partial charge in [-0.05, 0) is 75.0 Å². The van der Waals surface area contributed by atoms with Gasteiger partial charge in [0.05, 0.1) is 25.2 Å². The van der Waals surface area contributed by atoms with Crippen LogP contribution >= 0.6 is 0 Å². The Hall–Kier alpha value is -2.85. The fraction of sp³-hybridized carbons (Fsp3) is 0.719. The number of benzene rings is 1. The Balaban J connectivity index is 0.00000393. The molecule has 3 amide bonds. The van der Waals surface area contributed by atoms with E-state index >= 15 is 0 Å². The predicted molar refractivity (Wildman–Crippen MR) is 166 cm³/mol. The van der Waals surface area contributed by atoms with Crippen molar-refractivity contribution >= 4 is 17.7 Å². The second-order valence-corrected chi connectivity index (χ2v) is 12.3. The number of ether oxygens (including phenoxy) is 3. The van der Waals surface area contributed by atoms with Gasteiger partial charge in [-0.15, -0.1) is 0 Å². The number of rotatable bonds is 19. The van der Waals surface area contributed by atoms with Crippen molar-refractivity contribution < 1.29 is 33.7 Å². The Morgan fingerprint density at radius 1 is 0.976 bits per heavy atom. The maximum atomic E-state index is 12.9. The van der Waals surface area contributed by atoms with Crippen molar-refractivity contribution in [3.05, 3.63) is 23.8 Å². The van der Waals surface area contributed by atoms with E-state index in [0.717, 1.165) is 30.6 Å². The van der Waals surface area contributed by atoms with Crippen LogP contribution in [0.4, 0.5) is 0 Å². The van der Waals surface area contributed by atoms with E-state index in [2.05, 4.69) is 31.0 Å². The molecule has 0 fully saturated rings. The number of hydrogen-bond acceptors (Lipinski definition) is 7. The van der Waals surface area contributed by atoms with Crippen molar-refractivity contribution in [3.8, 4) is 11.5 Å². The average molecular weight is 596 g/mol. The summed E-state index contributed by atoms with van der Waals surface area (Å²) in [6, 6.07) is 6.06. The Bertz CT molecular complexity index is 946. The normalized spacial score (nSPS) is 13.5. The van der Waals surface area contributed by atoms with E-state index in [1.165, 1.54) is 6.92 Å². The van der Waals surface area contributed by atoms with Crippen LogP contribution in [0.2, 0.25) is 0 Å². The summed E-state index contributed by atoms with van der Waals surface area (Å²) >= 11 is 0.